The number of nitrogens with two attached hydrogens (primary N) is 1. The number of aldehydes is 1. The summed E-state index contributed by atoms with van der Waals surface area (Å²) in [6.45, 7) is 1.96. The molecule has 2 rings (SSSR count). The topological polar surface area (TPSA) is 76.7 Å². The SMILES string of the molecule is CC(N)(C1=NC(C=O)ON1)C1CCCCC1. The Kier molecular flexibility index (Phi) is 3.25. The number of hydrogen-bond donors (Lipinski definition) is 2. The summed E-state index contributed by atoms with van der Waals surface area (Å²) in [6.07, 6.45) is 5.92. The van der Waals surface area contributed by atoms with Crippen LogP contribution in [-0.4, -0.2) is 23.9 Å². The average molecular weight is 225 g/mol. The van der Waals surface area contributed by atoms with Gasteiger partial charge in [0, 0.05) is 0 Å². The molecule has 2 atom stereocenters. The molecule has 5 nitrogen and oxygen atoms in total. The average Bonchev–Trinajstić information content (AvgIpc) is 2.79. The van der Waals surface area contributed by atoms with Gasteiger partial charge in [0.2, 0.25) is 6.23 Å². The largest absolute Gasteiger partial charge is 0.319 e. The number of carbonyl (C=O) groups excluding carboxylic acids is 1. The van der Waals surface area contributed by atoms with E-state index in [1.165, 1.54) is 19.3 Å². The highest BCUT2D eigenvalue weighted by Gasteiger charge is 2.39. The van der Waals surface area contributed by atoms with Crippen molar-refractivity contribution in [1.29, 1.82) is 0 Å². The van der Waals surface area contributed by atoms with Crippen LogP contribution < -0.4 is 11.2 Å². The molecule has 0 bridgehead atoms. The van der Waals surface area contributed by atoms with Crippen LogP contribution in [0.25, 0.3) is 0 Å². The maximum atomic E-state index is 10.5. The highest BCUT2D eigenvalue weighted by Crippen LogP contribution is 2.32. The first-order valence-corrected chi connectivity index (χ1v) is 5.88. The number of nitrogens with one attached hydrogen (secondary N) is 1. The van der Waals surface area contributed by atoms with Crippen molar-refractivity contribution >= 4 is 12.1 Å². The monoisotopic (exact) mass is 225 g/mol. The van der Waals surface area contributed by atoms with E-state index >= 15 is 0 Å². The molecule has 0 spiro atoms. The lowest BCUT2D eigenvalue weighted by Crippen LogP contribution is -2.55. The summed E-state index contributed by atoms with van der Waals surface area (Å²) in [4.78, 5) is 19.7. The smallest absolute Gasteiger partial charge is 0.231 e. The molecule has 2 unspecified atom stereocenters. The van der Waals surface area contributed by atoms with Crippen molar-refractivity contribution in [1.82, 2.24) is 5.48 Å². The van der Waals surface area contributed by atoms with Gasteiger partial charge in [-0.05, 0) is 25.7 Å². The Morgan fingerprint density at radius 2 is 2.19 bits per heavy atom. The van der Waals surface area contributed by atoms with Crippen LogP contribution in [0.1, 0.15) is 39.0 Å². The van der Waals surface area contributed by atoms with Crippen molar-refractivity contribution in [3.05, 3.63) is 0 Å². The van der Waals surface area contributed by atoms with E-state index in [-0.39, 0.29) is 0 Å². The number of nitrogens with zero attached hydrogens (tertiary/aromatic N) is 1. The van der Waals surface area contributed by atoms with Gasteiger partial charge in [-0.2, -0.15) is 0 Å². The van der Waals surface area contributed by atoms with Crippen molar-refractivity contribution in [2.45, 2.75) is 50.8 Å². The summed E-state index contributed by atoms with van der Waals surface area (Å²) < 4.78 is 0. The van der Waals surface area contributed by atoms with Crippen molar-refractivity contribution in [2.75, 3.05) is 0 Å². The highest BCUT2D eigenvalue weighted by atomic mass is 16.7. The van der Waals surface area contributed by atoms with Crippen LogP contribution in [0.2, 0.25) is 0 Å². The van der Waals surface area contributed by atoms with Gasteiger partial charge in [0.05, 0.1) is 5.54 Å². The molecule has 3 N–H and O–H groups in total. The summed E-state index contributed by atoms with van der Waals surface area (Å²) in [6, 6.07) is 0. The van der Waals surface area contributed by atoms with Gasteiger partial charge in [-0.3, -0.25) is 4.79 Å². The van der Waals surface area contributed by atoms with Gasteiger partial charge in [-0.25, -0.2) is 15.3 Å². The molecule has 1 aliphatic carbocycles. The van der Waals surface area contributed by atoms with Crippen molar-refractivity contribution in [3.8, 4) is 0 Å². The molecule has 5 heteroatoms. The molecular formula is C11H19N3O2. The van der Waals surface area contributed by atoms with Crippen LogP contribution in [0.5, 0.6) is 0 Å². The Labute approximate surface area is 95.4 Å². The standard InChI is InChI=1S/C11H19N3O2/c1-11(12,8-5-3-2-4-6-8)10-13-9(7-15)16-14-10/h7-9H,2-6,12H2,1H3,(H,13,14). The zero-order valence-corrected chi connectivity index (χ0v) is 9.61. The second-order valence-corrected chi connectivity index (χ2v) is 4.84. The minimum Gasteiger partial charge on any atom is -0.319 e. The van der Waals surface area contributed by atoms with Crippen LogP contribution in [0.15, 0.2) is 4.99 Å². The second kappa shape index (κ2) is 4.51. The van der Waals surface area contributed by atoms with Gasteiger partial charge in [-0.15, -0.1) is 0 Å². The summed E-state index contributed by atoms with van der Waals surface area (Å²) in [5.41, 5.74) is 8.50. The summed E-state index contributed by atoms with van der Waals surface area (Å²) >= 11 is 0. The maximum absolute atomic E-state index is 10.5. The van der Waals surface area contributed by atoms with Gasteiger partial charge in [0.25, 0.3) is 0 Å². The first-order chi connectivity index (χ1) is 7.64. The Morgan fingerprint density at radius 3 is 2.75 bits per heavy atom. The lowest BCUT2D eigenvalue weighted by atomic mass is 9.75. The van der Waals surface area contributed by atoms with E-state index in [0.29, 0.717) is 18.0 Å². The lowest BCUT2D eigenvalue weighted by molar-refractivity contribution is -0.118. The normalized spacial score (nSPS) is 30.4. The second-order valence-electron chi connectivity index (χ2n) is 4.84. The van der Waals surface area contributed by atoms with Gasteiger partial charge in [-0.1, -0.05) is 19.3 Å². The quantitative estimate of drug-likeness (QED) is 0.695. The van der Waals surface area contributed by atoms with Crippen molar-refractivity contribution in [3.63, 3.8) is 0 Å². The zero-order valence-electron chi connectivity index (χ0n) is 9.61. The minimum absolute atomic E-state index is 0.418. The number of rotatable bonds is 3. The van der Waals surface area contributed by atoms with E-state index in [1.807, 2.05) is 6.92 Å². The third kappa shape index (κ3) is 2.10. The molecule has 0 saturated heterocycles. The van der Waals surface area contributed by atoms with Gasteiger partial charge < -0.3 is 5.73 Å². The van der Waals surface area contributed by atoms with Gasteiger partial charge in [0.1, 0.15) is 5.84 Å². The number of carbonyl (C=O) groups is 1. The fourth-order valence-electron chi connectivity index (χ4n) is 2.50. The molecule has 2 aliphatic rings. The van der Waals surface area contributed by atoms with E-state index in [4.69, 9.17) is 10.6 Å². The number of hydrogen-bond acceptors (Lipinski definition) is 5. The number of amidine groups is 1. The van der Waals surface area contributed by atoms with Crippen molar-refractivity contribution in [2.24, 2.45) is 16.6 Å². The molecule has 1 aliphatic heterocycles. The molecule has 1 fully saturated rings. The molecule has 0 aromatic carbocycles. The maximum Gasteiger partial charge on any atom is 0.231 e. The Balaban J connectivity index is 2.08. The Hall–Kier alpha value is -0.940. The van der Waals surface area contributed by atoms with Crippen LogP contribution >= 0.6 is 0 Å². The molecule has 0 aromatic rings. The Morgan fingerprint density at radius 1 is 1.50 bits per heavy atom. The van der Waals surface area contributed by atoms with E-state index < -0.39 is 11.8 Å². The predicted molar refractivity (Wildman–Crippen MR) is 60.7 cm³/mol. The fourth-order valence-corrected chi connectivity index (χ4v) is 2.50. The van der Waals surface area contributed by atoms with Gasteiger partial charge >= 0.3 is 0 Å². The first kappa shape index (κ1) is 11.5. The zero-order chi connectivity index (χ0) is 11.6. The molecule has 1 heterocycles. The van der Waals surface area contributed by atoms with Crippen LogP contribution in [0.3, 0.4) is 0 Å². The third-order valence-corrected chi connectivity index (χ3v) is 3.61. The van der Waals surface area contributed by atoms with Gasteiger partial charge in [0.15, 0.2) is 6.29 Å². The van der Waals surface area contributed by atoms with E-state index in [1.54, 1.807) is 0 Å². The van der Waals surface area contributed by atoms with Crippen LogP contribution in [-0.2, 0) is 9.63 Å². The molecule has 16 heavy (non-hydrogen) atoms. The summed E-state index contributed by atoms with van der Waals surface area (Å²) in [5.74, 6) is 1.03. The van der Waals surface area contributed by atoms with E-state index in [9.17, 15) is 4.79 Å². The molecule has 0 radical (unpaired) electrons. The summed E-state index contributed by atoms with van der Waals surface area (Å²) in [5, 5.41) is 0. The molecular weight excluding hydrogens is 206 g/mol. The van der Waals surface area contributed by atoms with Crippen LogP contribution in [0.4, 0.5) is 0 Å². The first-order valence-electron chi connectivity index (χ1n) is 5.88. The predicted octanol–water partition coefficient (Wildman–Crippen LogP) is 0.742. The minimum atomic E-state index is -0.735. The highest BCUT2D eigenvalue weighted by molar-refractivity contribution is 5.92. The van der Waals surface area contributed by atoms with Crippen LogP contribution in [0, 0.1) is 5.92 Å². The molecule has 90 valence electrons. The lowest BCUT2D eigenvalue weighted by Gasteiger charge is -2.36. The van der Waals surface area contributed by atoms with E-state index in [2.05, 4.69) is 10.5 Å². The molecule has 0 amide bonds. The molecule has 1 saturated carbocycles. The fraction of sp³-hybridized carbons (Fsp3) is 0.818. The van der Waals surface area contributed by atoms with Crippen molar-refractivity contribution < 1.29 is 9.63 Å². The summed E-state index contributed by atoms with van der Waals surface area (Å²) in [7, 11) is 0. The number of hydroxylamine groups is 1. The van der Waals surface area contributed by atoms with E-state index in [0.717, 1.165) is 12.8 Å². The number of aliphatic imine (C=N–C) groups is 1. The Bertz CT molecular complexity index is 296. The third-order valence-electron chi connectivity index (χ3n) is 3.61. The molecule has 0 aromatic heterocycles.